The van der Waals surface area contributed by atoms with Gasteiger partial charge in [-0.25, -0.2) is 0 Å². The molecule has 12 rings (SSSR count). The zero-order chi connectivity index (χ0) is 46.1. The number of hydrogen-bond acceptors (Lipinski definition) is 3. The van der Waals surface area contributed by atoms with Crippen LogP contribution in [0, 0.1) is 0 Å². The van der Waals surface area contributed by atoms with Gasteiger partial charge in [0.25, 0.3) is 0 Å². The van der Waals surface area contributed by atoms with Crippen LogP contribution in [-0.2, 0) is 0 Å². The number of fused-ring (bicyclic) bond motifs is 4. The summed E-state index contributed by atoms with van der Waals surface area (Å²) in [6, 6.07) is 100. The maximum atomic E-state index is 7.12. The quantitative estimate of drug-likeness (QED) is 0.0903. The molecule has 12 aromatic rings. The first-order chi connectivity index (χ1) is 34.2. The van der Waals surface area contributed by atoms with Crippen molar-refractivity contribution in [2.75, 3.05) is 0 Å². The molecule has 0 spiro atoms. The molecule has 69 heavy (non-hydrogen) atoms. The Hall–Kier alpha value is -8.43. The Morgan fingerprint density at radius 3 is 1.13 bits per heavy atom. The summed E-state index contributed by atoms with van der Waals surface area (Å²) in [5, 5.41) is 15.6. The van der Waals surface area contributed by atoms with E-state index in [1.165, 1.54) is 58.8 Å². The molecule has 0 N–H and O–H groups in total. The molecule has 0 saturated heterocycles. The fourth-order valence-electron chi connectivity index (χ4n) is 11.0. The minimum atomic E-state index is -4.50. The van der Waals surface area contributed by atoms with Crippen LogP contribution >= 0.6 is 6.60 Å². The van der Waals surface area contributed by atoms with Gasteiger partial charge in [0.15, 0.2) is 0 Å². The third kappa shape index (κ3) is 6.87. The second kappa shape index (κ2) is 17.7. The zero-order valence-electron chi connectivity index (χ0n) is 37.8. The van der Waals surface area contributed by atoms with Gasteiger partial charge >= 0.3 is 405 Å². The van der Waals surface area contributed by atoms with Crippen LogP contribution in [0.1, 0.15) is 0 Å². The van der Waals surface area contributed by atoms with E-state index in [4.69, 9.17) is 14.0 Å². The molecule has 0 radical (unpaired) electrons. The standard InChI is InChI=1S/C64H46BO3P/c1-4-30-51(31-5-1)66-65(67-52-32-6-2-7-33-52)68-60-41-19-18-40-58(60)59-46-45-50-26-13-17-39-57(50)64(59)69(53-34-8-3-9-35-53,61-42-20-27-47-23-10-14-36-54(47)61,62-43-21-28-48-24-11-15-37-55(48)62)63-44-22-29-49-25-12-16-38-56(49)63/h1-46H. The van der Waals surface area contributed by atoms with Crippen molar-refractivity contribution in [1.29, 1.82) is 0 Å². The summed E-state index contributed by atoms with van der Waals surface area (Å²) < 4.78 is 20.3. The first kappa shape index (κ1) is 42.0. The number of benzene rings is 12. The molecule has 0 fully saturated rings. The van der Waals surface area contributed by atoms with E-state index >= 15 is 0 Å². The van der Waals surface area contributed by atoms with Crippen LogP contribution in [0.4, 0.5) is 0 Å². The molecule has 0 atom stereocenters. The molecule has 12 aromatic carbocycles. The molecule has 0 heterocycles. The van der Waals surface area contributed by atoms with Crippen molar-refractivity contribution in [2.45, 2.75) is 0 Å². The van der Waals surface area contributed by atoms with Gasteiger partial charge in [-0.1, -0.05) is 0 Å². The Labute approximate surface area is 402 Å². The van der Waals surface area contributed by atoms with Crippen LogP contribution in [0.2, 0.25) is 0 Å². The second-order valence-electron chi connectivity index (χ2n) is 17.4. The third-order valence-corrected chi connectivity index (χ3v) is 20.5. The summed E-state index contributed by atoms with van der Waals surface area (Å²) in [5.74, 6) is 1.86. The summed E-state index contributed by atoms with van der Waals surface area (Å²) in [6.45, 7) is -4.50. The third-order valence-electron chi connectivity index (χ3n) is 13.7. The van der Waals surface area contributed by atoms with E-state index in [0.29, 0.717) is 17.2 Å². The van der Waals surface area contributed by atoms with Gasteiger partial charge in [0.1, 0.15) is 0 Å². The molecule has 0 aromatic heterocycles. The van der Waals surface area contributed by atoms with Gasteiger partial charge in [0.05, 0.1) is 0 Å². The van der Waals surface area contributed by atoms with Gasteiger partial charge < -0.3 is 0 Å². The summed E-state index contributed by atoms with van der Waals surface area (Å²) in [5.41, 5.74) is 1.94. The van der Waals surface area contributed by atoms with E-state index in [9.17, 15) is 0 Å². The van der Waals surface area contributed by atoms with Crippen LogP contribution in [0.5, 0.6) is 17.2 Å². The van der Waals surface area contributed by atoms with Gasteiger partial charge in [0, 0.05) is 0 Å². The van der Waals surface area contributed by atoms with Gasteiger partial charge in [-0.05, 0) is 0 Å². The van der Waals surface area contributed by atoms with Crippen molar-refractivity contribution in [2.24, 2.45) is 0 Å². The Kier molecular flexibility index (Phi) is 10.7. The van der Waals surface area contributed by atoms with Crippen molar-refractivity contribution in [3.05, 3.63) is 279 Å². The molecule has 0 aliphatic carbocycles. The zero-order valence-corrected chi connectivity index (χ0v) is 38.7. The SMILES string of the molecule is c1ccc(OB(Oc2ccccc2)Oc2ccccc2-c2ccc3ccccc3c2P(c2ccccc2)(c2cccc3ccccc23)(c2cccc3ccccc23)c2cccc3ccccc23)cc1. The Morgan fingerprint density at radius 1 is 0.261 bits per heavy atom. The minimum absolute atomic E-state index is 0.615. The van der Waals surface area contributed by atoms with Crippen LogP contribution in [0.3, 0.4) is 0 Å². The fourth-order valence-corrected chi connectivity index (χ4v) is 18.9. The molecular formula is C64H46BO3P. The Morgan fingerprint density at radius 2 is 0.638 bits per heavy atom. The van der Waals surface area contributed by atoms with E-state index in [-0.39, 0.29) is 0 Å². The molecule has 3 nitrogen and oxygen atoms in total. The van der Waals surface area contributed by atoms with E-state index in [0.717, 1.165) is 21.9 Å². The van der Waals surface area contributed by atoms with Crippen LogP contribution < -0.4 is 40.5 Å². The second-order valence-corrected chi connectivity index (χ2v) is 22.0. The topological polar surface area (TPSA) is 27.7 Å². The first-order valence-electron chi connectivity index (χ1n) is 23.4. The molecular weight excluding hydrogens is 858 g/mol. The van der Waals surface area contributed by atoms with E-state index in [1.807, 2.05) is 72.8 Å². The average molecular weight is 905 g/mol. The number of hydrogen-bond donors (Lipinski definition) is 0. The van der Waals surface area contributed by atoms with Crippen molar-refractivity contribution in [3.63, 3.8) is 0 Å². The van der Waals surface area contributed by atoms with Gasteiger partial charge in [0.2, 0.25) is 0 Å². The Bertz CT molecular complexity index is 3550. The normalized spacial score (nSPS) is 12.1. The fraction of sp³-hybridized carbons (Fsp3) is 0. The van der Waals surface area contributed by atoms with Crippen LogP contribution in [0.25, 0.3) is 54.2 Å². The summed E-state index contributed by atoms with van der Waals surface area (Å²) in [7, 11) is -1.14. The summed E-state index contributed by atoms with van der Waals surface area (Å²) in [6.07, 6.45) is 0. The van der Waals surface area contributed by atoms with E-state index < -0.39 is 13.9 Å². The van der Waals surface area contributed by atoms with Gasteiger partial charge in [-0.2, -0.15) is 0 Å². The molecule has 0 unspecified atom stereocenters. The average Bonchev–Trinajstić information content (AvgIpc) is 3.42. The number of rotatable bonds is 12. The van der Waals surface area contributed by atoms with Crippen molar-refractivity contribution in [3.8, 4) is 28.4 Å². The van der Waals surface area contributed by atoms with E-state index in [1.54, 1.807) is 0 Å². The predicted molar refractivity (Wildman–Crippen MR) is 293 cm³/mol. The molecule has 0 saturated carbocycles. The van der Waals surface area contributed by atoms with Gasteiger partial charge in [-0.3, -0.25) is 0 Å². The Balaban J connectivity index is 1.31. The van der Waals surface area contributed by atoms with Crippen LogP contribution in [-0.4, -0.2) is 7.32 Å². The first-order valence-corrected chi connectivity index (χ1v) is 25.7. The summed E-state index contributed by atoms with van der Waals surface area (Å²) >= 11 is 0. The monoisotopic (exact) mass is 904 g/mol. The summed E-state index contributed by atoms with van der Waals surface area (Å²) in [4.78, 5) is 0. The van der Waals surface area contributed by atoms with Gasteiger partial charge in [-0.15, -0.1) is 0 Å². The molecule has 5 heteroatoms. The molecule has 0 aliphatic heterocycles. The molecule has 0 bridgehead atoms. The maximum absolute atomic E-state index is 7.12. The van der Waals surface area contributed by atoms with Crippen molar-refractivity contribution >= 4 is 83.5 Å². The van der Waals surface area contributed by atoms with Crippen LogP contribution in [0.15, 0.2) is 279 Å². The van der Waals surface area contributed by atoms with E-state index in [2.05, 4.69) is 206 Å². The van der Waals surface area contributed by atoms with Crippen molar-refractivity contribution < 1.29 is 14.0 Å². The van der Waals surface area contributed by atoms with Crippen molar-refractivity contribution in [1.82, 2.24) is 0 Å². The number of para-hydroxylation sites is 3. The molecule has 328 valence electrons. The molecule has 0 amide bonds. The predicted octanol–water partition coefficient (Wildman–Crippen LogP) is 14.0. The molecule has 0 aliphatic rings.